The van der Waals surface area contributed by atoms with Crippen LogP contribution in [0, 0.1) is 11.8 Å². The molecule has 4 rings (SSSR count). The Balaban J connectivity index is 1.61. The Bertz CT molecular complexity index is 472. The van der Waals surface area contributed by atoms with Gasteiger partial charge >= 0.3 is 0 Å². The Morgan fingerprint density at radius 2 is 2.06 bits per heavy atom. The van der Waals surface area contributed by atoms with Crippen molar-refractivity contribution < 1.29 is 5.11 Å². The number of aryl methyl sites for hydroxylation is 1. The normalized spacial score (nSPS) is 41.5. The van der Waals surface area contributed by atoms with Gasteiger partial charge in [-0.05, 0) is 62.0 Å². The van der Waals surface area contributed by atoms with Crippen molar-refractivity contribution in [2.24, 2.45) is 11.8 Å². The molecule has 2 bridgehead atoms. The van der Waals surface area contributed by atoms with E-state index >= 15 is 0 Å². The third-order valence-electron chi connectivity index (χ3n) is 5.52. The maximum Gasteiger partial charge on any atom is 0.0878 e. The Labute approximate surface area is 108 Å². The SMILES string of the molecule is OC1(C2CCc3ccccc3N2)CC2CCC1C2. The Kier molecular flexibility index (Phi) is 2.25. The van der Waals surface area contributed by atoms with Crippen molar-refractivity contribution in [3.8, 4) is 0 Å². The predicted molar refractivity (Wildman–Crippen MR) is 72.6 cm³/mol. The number of aliphatic hydroxyl groups is 1. The zero-order valence-corrected chi connectivity index (χ0v) is 10.7. The molecule has 0 spiro atoms. The molecular weight excluding hydrogens is 222 g/mol. The molecule has 4 unspecified atom stereocenters. The standard InChI is InChI=1S/C16H21NO/c18-16(10-11-5-7-13(16)9-11)15-8-6-12-3-1-2-4-14(12)17-15/h1-4,11,13,15,17-18H,5-10H2. The third kappa shape index (κ3) is 1.45. The van der Waals surface area contributed by atoms with E-state index in [0.29, 0.717) is 5.92 Å². The van der Waals surface area contributed by atoms with E-state index in [1.807, 2.05) is 0 Å². The summed E-state index contributed by atoms with van der Waals surface area (Å²) in [4.78, 5) is 0. The summed E-state index contributed by atoms with van der Waals surface area (Å²) < 4.78 is 0. The highest BCUT2D eigenvalue weighted by Crippen LogP contribution is 2.53. The van der Waals surface area contributed by atoms with E-state index in [-0.39, 0.29) is 6.04 Å². The number of hydrogen-bond donors (Lipinski definition) is 2. The molecule has 2 fully saturated rings. The van der Waals surface area contributed by atoms with Gasteiger partial charge < -0.3 is 10.4 Å². The van der Waals surface area contributed by atoms with Crippen LogP contribution in [0.25, 0.3) is 0 Å². The molecule has 2 heteroatoms. The first-order valence-electron chi connectivity index (χ1n) is 7.32. The van der Waals surface area contributed by atoms with E-state index < -0.39 is 5.60 Å². The second-order valence-electron chi connectivity index (χ2n) is 6.46. The largest absolute Gasteiger partial charge is 0.387 e. The maximum atomic E-state index is 11.1. The molecule has 2 saturated carbocycles. The van der Waals surface area contributed by atoms with Crippen LogP contribution in [0.15, 0.2) is 24.3 Å². The van der Waals surface area contributed by atoms with Gasteiger partial charge in [0.05, 0.1) is 11.6 Å². The highest BCUT2D eigenvalue weighted by molar-refractivity contribution is 5.54. The van der Waals surface area contributed by atoms with Crippen LogP contribution in [0.2, 0.25) is 0 Å². The van der Waals surface area contributed by atoms with Crippen LogP contribution < -0.4 is 5.32 Å². The number of fused-ring (bicyclic) bond motifs is 3. The van der Waals surface area contributed by atoms with Crippen molar-refractivity contribution >= 4 is 5.69 Å². The number of rotatable bonds is 1. The number of hydrogen-bond acceptors (Lipinski definition) is 2. The molecule has 4 atom stereocenters. The molecule has 2 N–H and O–H groups in total. The van der Waals surface area contributed by atoms with E-state index in [1.54, 1.807) is 0 Å². The van der Waals surface area contributed by atoms with Gasteiger partial charge in [-0.2, -0.15) is 0 Å². The summed E-state index contributed by atoms with van der Waals surface area (Å²) in [5, 5.41) is 14.7. The average molecular weight is 243 g/mol. The number of benzene rings is 1. The fourth-order valence-electron chi connectivity index (χ4n) is 4.58. The van der Waals surface area contributed by atoms with E-state index in [9.17, 15) is 5.11 Å². The summed E-state index contributed by atoms with van der Waals surface area (Å²) in [6, 6.07) is 8.80. The lowest BCUT2D eigenvalue weighted by Crippen LogP contribution is -2.52. The van der Waals surface area contributed by atoms with Gasteiger partial charge in [-0.15, -0.1) is 0 Å². The molecule has 0 aromatic heterocycles. The molecule has 1 aromatic carbocycles. The summed E-state index contributed by atoms with van der Waals surface area (Å²) in [6.45, 7) is 0. The Morgan fingerprint density at radius 1 is 1.17 bits per heavy atom. The zero-order chi connectivity index (χ0) is 12.2. The first kappa shape index (κ1) is 10.9. The predicted octanol–water partition coefficient (Wildman–Crippen LogP) is 2.96. The van der Waals surface area contributed by atoms with E-state index in [0.717, 1.165) is 25.2 Å². The van der Waals surface area contributed by atoms with Crippen LogP contribution in [0.4, 0.5) is 5.69 Å². The van der Waals surface area contributed by atoms with Crippen molar-refractivity contribution in [3.63, 3.8) is 0 Å². The minimum atomic E-state index is -0.434. The van der Waals surface area contributed by atoms with Gasteiger partial charge in [-0.25, -0.2) is 0 Å². The molecule has 18 heavy (non-hydrogen) atoms. The van der Waals surface area contributed by atoms with Gasteiger partial charge in [-0.3, -0.25) is 0 Å². The molecular formula is C16H21NO. The van der Waals surface area contributed by atoms with E-state index in [4.69, 9.17) is 0 Å². The van der Waals surface area contributed by atoms with Crippen molar-refractivity contribution in [1.82, 2.24) is 0 Å². The second-order valence-corrected chi connectivity index (χ2v) is 6.46. The smallest absolute Gasteiger partial charge is 0.0878 e. The van der Waals surface area contributed by atoms with Crippen LogP contribution in [0.1, 0.15) is 37.7 Å². The number of para-hydroxylation sites is 1. The molecule has 3 aliphatic rings. The van der Waals surface area contributed by atoms with Gasteiger partial charge in [0.1, 0.15) is 0 Å². The fraction of sp³-hybridized carbons (Fsp3) is 0.625. The van der Waals surface area contributed by atoms with Crippen LogP contribution in [-0.4, -0.2) is 16.7 Å². The van der Waals surface area contributed by atoms with Crippen LogP contribution >= 0.6 is 0 Å². The molecule has 96 valence electrons. The van der Waals surface area contributed by atoms with Crippen molar-refractivity contribution in [2.45, 2.75) is 50.2 Å². The van der Waals surface area contributed by atoms with E-state index in [1.165, 1.54) is 30.5 Å². The van der Waals surface area contributed by atoms with Crippen molar-refractivity contribution in [1.29, 1.82) is 0 Å². The molecule has 1 aliphatic heterocycles. The summed E-state index contributed by atoms with van der Waals surface area (Å²) in [6.07, 6.45) is 7.05. The maximum absolute atomic E-state index is 11.1. The van der Waals surface area contributed by atoms with Gasteiger partial charge in [0.25, 0.3) is 0 Å². The highest BCUT2D eigenvalue weighted by atomic mass is 16.3. The number of nitrogens with one attached hydrogen (secondary N) is 1. The minimum absolute atomic E-state index is 0.266. The highest BCUT2D eigenvalue weighted by Gasteiger charge is 2.54. The van der Waals surface area contributed by atoms with Gasteiger partial charge in [0, 0.05) is 5.69 Å². The quantitative estimate of drug-likeness (QED) is 0.795. The fourth-order valence-corrected chi connectivity index (χ4v) is 4.58. The zero-order valence-electron chi connectivity index (χ0n) is 10.7. The Morgan fingerprint density at radius 3 is 2.83 bits per heavy atom. The topological polar surface area (TPSA) is 32.3 Å². The van der Waals surface area contributed by atoms with Crippen molar-refractivity contribution in [2.75, 3.05) is 5.32 Å². The van der Waals surface area contributed by atoms with Crippen molar-refractivity contribution in [3.05, 3.63) is 29.8 Å². The first-order valence-corrected chi connectivity index (χ1v) is 7.32. The summed E-state index contributed by atoms with van der Waals surface area (Å²) in [5.41, 5.74) is 2.21. The summed E-state index contributed by atoms with van der Waals surface area (Å²) in [7, 11) is 0. The summed E-state index contributed by atoms with van der Waals surface area (Å²) in [5.74, 6) is 1.34. The number of anilines is 1. The molecule has 1 heterocycles. The van der Waals surface area contributed by atoms with Crippen LogP contribution in [-0.2, 0) is 6.42 Å². The van der Waals surface area contributed by atoms with Crippen LogP contribution in [0.5, 0.6) is 0 Å². The monoisotopic (exact) mass is 243 g/mol. The first-order chi connectivity index (χ1) is 8.75. The summed E-state index contributed by atoms with van der Waals surface area (Å²) >= 11 is 0. The second kappa shape index (κ2) is 3.74. The molecule has 2 nitrogen and oxygen atoms in total. The molecule has 2 aliphatic carbocycles. The lowest BCUT2D eigenvalue weighted by atomic mass is 9.75. The van der Waals surface area contributed by atoms with Gasteiger partial charge in [-0.1, -0.05) is 18.2 Å². The van der Waals surface area contributed by atoms with Crippen LogP contribution in [0.3, 0.4) is 0 Å². The van der Waals surface area contributed by atoms with Gasteiger partial charge in [0.15, 0.2) is 0 Å². The molecule has 0 amide bonds. The minimum Gasteiger partial charge on any atom is -0.387 e. The third-order valence-corrected chi connectivity index (χ3v) is 5.52. The lowest BCUT2D eigenvalue weighted by Gasteiger charge is -2.42. The average Bonchev–Trinajstić information content (AvgIpc) is 2.99. The lowest BCUT2D eigenvalue weighted by molar-refractivity contribution is -0.0325. The molecule has 0 radical (unpaired) electrons. The Hall–Kier alpha value is -1.02. The molecule has 1 aromatic rings. The molecule has 0 saturated heterocycles. The van der Waals surface area contributed by atoms with E-state index in [2.05, 4.69) is 29.6 Å². The van der Waals surface area contributed by atoms with Gasteiger partial charge in [0.2, 0.25) is 0 Å².